The smallest absolute Gasteiger partial charge is 0.157 e. The first-order chi connectivity index (χ1) is 10.2. The van der Waals surface area contributed by atoms with Gasteiger partial charge >= 0.3 is 0 Å². The number of hydrogen-bond donors (Lipinski definition) is 2. The summed E-state index contributed by atoms with van der Waals surface area (Å²) in [6.07, 6.45) is 2.34. The molecule has 0 saturated carbocycles. The van der Waals surface area contributed by atoms with Gasteiger partial charge < -0.3 is 10.2 Å². The molecule has 1 fully saturated rings. The van der Waals surface area contributed by atoms with E-state index in [0.29, 0.717) is 6.04 Å². The van der Waals surface area contributed by atoms with Gasteiger partial charge in [0.2, 0.25) is 0 Å². The zero-order valence-electron chi connectivity index (χ0n) is 12.3. The molecule has 0 unspecified atom stereocenters. The minimum absolute atomic E-state index is 0. The van der Waals surface area contributed by atoms with Gasteiger partial charge in [0.25, 0.3) is 0 Å². The molecule has 2 aromatic carbocycles. The number of rotatable bonds is 1. The highest BCUT2D eigenvalue weighted by Crippen LogP contribution is 2.47. The maximum atomic E-state index is 9.92. The summed E-state index contributed by atoms with van der Waals surface area (Å²) in [4.78, 5) is 2.51. The summed E-state index contributed by atoms with van der Waals surface area (Å²) < 4.78 is 0. The standard InChI is InChI=1S/C18H19NO2.BrH/c20-17-9-13-14(10-18(17)21)16-7-4-8-19(16)11-15(13)12-5-2-1-3-6-12;/h1-3,5-6,9-10,15-16,20-21H,4,7-8,11H2;1H/t15-,16-;/m0./s1. The van der Waals surface area contributed by atoms with Crippen LogP contribution in [0.15, 0.2) is 42.5 Å². The van der Waals surface area contributed by atoms with Crippen LogP contribution in [0.3, 0.4) is 0 Å². The molecule has 2 aliphatic rings. The van der Waals surface area contributed by atoms with Crippen LogP contribution in [-0.2, 0) is 0 Å². The Kier molecular flexibility index (Phi) is 4.15. The number of aromatic hydroxyl groups is 2. The van der Waals surface area contributed by atoms with Crippen molar-refractivity contribution in [1.82, 2.24) is 4.90 Å². The van der Waals surface area contributed by atoms with Gasteiger partial charge in [-0.2, -0.15) is 0 Å². The molecule has 4 heteroatoms. The van der Waals surface area contributed by atoms with Crippen LogP contribution in [0.5, 0.6) is 11.5 Å². The first kappa shape index (κ1) is 15.4. The molecule has 22 heavy (non-hydrogen) atoms. The zero-order valence-corrected chi connectivity index (χ0v) is 14.0. The maximum absolute atomic E-state index is 9.92. The van der Waals surface area contributed by atoms with Gasteiger partial charge in [-0.15, -0.1) is 17.0 Å². The van der Waals surface area contributed by atoms with Crippen LogP contribution in [0, 0.1) is 0 Å². The van der Waals surface area contributed by atoms with Crippen molar-refractivity contribution >= 4 is 17.0 Å². The number of phenols is 2. The Balaban J connectivity index is 0.00000144. The van der Waals surface area contributed by atoms with Crippen molar-refractivity contribution in [2.75, 3.05) is 13.1 Å². The number of nitrogens with zero attached hydrogens (tertiary/aromatic N) is 1. The second-order valence-electron chi connectivity index (χ2n) is 6.09. The van der Waals surface area contributed by atoms with Gasteiger partial charge in [0.1, 0.15) is 0 Å². The molecule has 1 saturated heterocycles. The molecule has 2 aliphatic heterocycles. The third kappa shape index (κ3) is 2.40. The van der Waals surface area contributed by atoms with E-state index in [9.17, 15) is 10.2 Å². The van der Waals surface area contributed by atoms with Crippen LogP contribution >= 0.6 is 17.0 Å². The first-order valence-electron chi connectivity index (χ1n) is 7.59. The lowest BCUT2D eigenvalue weighted by Gasteiger charge is -2.37. The van der Waals surface area contributed by atoms with Crippen LogP contribution in [-0.4, -0.2) is 28.2 Å². The number of fused-ring (bicyclic) bond motifs is 3. The Bertz CT molecular complexity index is 674. The molecule has 0 bridgehead atoms. The molecule has 2 aromatic rings. The summed E-state index contributed by atoms with van der Waals surface area (Å²) in [7, 11) is 0. The Morgan fingerprint density at radius 1 is 0.955 bits per heavy atom. The first-order valence-corrected chi connectivity index (χ1v) is 7.59. The molecule has 3 nitrogen and oxygen atoms in total. The normalized spacial score (nSPS) is 23.5. The molecule has 2 atom stereocenters. The van der Waals surface area contributed by atoms with Gasteiger partial charge in [0.05, 0.1) is 0 Å². The van der Waals surface area contributed by atoms with Gasteiger partial charge in [-0.3, -0.25) is 4.90 Å². The van der Waals surface area contributed by atoms with E-state index >= 15 is 0 Å². The average Bonchev–Trinajstić information content (AvgIpc) is 2.97. The van der Waals surface area contributed by atoms with Gasteiger partial charge in [0, 0.05) is 18.5 Å². The molecular weight excluding hydrogens is 342 g/mol. The lowest BCUT2D eigenvalue weighted by Crippen LogP contribution is -2.34. The van der Waals surface area contributed by atoms with Crippen molar-refractivity contribution < 1.29 is 10.2 Å². The Hall–Kier alpha value is -1.52. The monoisotopic (exact) mass is 361 g/mol. The van der Waals surface area contributed by atoms with Gasteiger partial charge in [-0.05, 0) is 48.2 Å². The number of phenolic OH excluding ortho intramolecular Hbond substituents is 2. The Morgan fingerprint density at radius 3 is 2.36 bits per heavy atom. The van der Waals surface area contributed by atoms with E-state index in [2.05, 4.69) is 29.2 Å². The van der Waals surface area contributed by atoms with Crippen LogP contribution in [0.4, 0.5) is 0 Å². The van der Waals surface area contributed by atoms with E-state index in [1.165, 1.54) is 23.1 Å². The largest absolute Gasteiger partial charge is 0.504 e. The molecule has 0 aromatic heterocycles. The number of benzene rings is 2. The number of halogens is 1. The quantitative estimate of drug-likeness (QED) is 0.755. The summed E-state index contributed by atoms with van der Waals surface area (Å²) in [5, 5.41) is 19.8. The molecule has 0 amide bonds. The van der Waals surface area contributed by atoms with Crippen LogP contribution in [0.25, 0.3) is 0 Å². The summed E-state index contributed by atoms with van der Waals surface area (Å²) in [5.74, 6) is 0.248. The predicted molar refractivity (Wildman–Crippen MR) is 91.9 cm³/mol. The van der Waals surface area contributed by atoms with Gasteiger partial charge in [-0.25, -0.2) is 0 Å². The molecule has 2 N–H and O–H groups in total. The highest BCUT2D eigenvalue weighted by Gasteiger charge is 2.37. The number of hydrogen-bond acceptors (Lipinski definition) is 3. The van der Waals surface area contributed by atoms with Gasteiger partial charge in [-0.1, -0.05) is 30.3 Å². The van der Waals surface area contributed by atoms with Crippen LogP contribution in [0.1, 0.15) is 41.5 Å². The van der Waals surface area contributed by atoms with Crippen molar-refractivity contribution in [3.8, 4) is 11.5 Å². The van der Waals surface area contributed by atoms with Crippen molar-refractivity contribution in [2.45, 2.75) is 24.8 Å². The fourth-order valence-electron chi connectivity index (χ4n) is 3.90. The Morgan fingerprint density at radius 2 is 1.64 bits per heavy atom. The summed E-state index contributed by atoms with van der Waals surface area (Å²) in [5.41, 5.74) is 3.62. The minimum atomic E-state index is -0.0128. The van der Waals surface area contributed by atoms with E-state index in [1.807, 2.05) is 6.07 Å². The molecule has 116 valence electrons. The predicted octanol–water partition coefficient (Wildman–Crippen LogP) is 3.96. The third-order valence-corrected chi connectivity index (χ3v) is 4.90. The Labute approximate surface area is 141 Å². The van der Waals surface area contributed by atoms with Crippen LogP contribution in [0.2, 0.25) is 0 Å². The minimum Gasteiger partial charge on any atom is -0.504 e. The average molecular weight is 362 g/mol. The molecule has 2 heterocycles. The maximum Gasteiger partial charge on any atom is 0.157 e. The molecule has 0 spiro atoms. The lowest BCUT2D eigenvalue weighted by molar-refractivity contribution is 0.229. The summed E-state index contributed by atoms with van der Waals surface area (Å²) in [6.45, 7) is 2.11. The molecular formula is C18H20BrNO2. The van der Waals surface area contributed by atoms with Crippen molar-refractivity contribution in [2.24, 2.45) is 0 Å². The van der Waals surface area contributed by atoms with Crippen molar-refractivity contribution in [3.05, 3.63) is 59.2 Å². The highest BCUT2D eigenvalue weighted by atomic mass is 79.9. The zero-order chi connectivity index (χ0) is 14.4. The van der Waals surface area contributed by atoms with Crippen molar-refractivity contribution in [1.29, 1.82) is 0 Å². The molecule has 4 rings (SSSR count). The topological polar surface area (TPSA) is 43.7 Å². The van der Waals surface area contributed by atoms with E-state index in [-0.39, 0.29) is 34.4 Å². The van der Waals surface area contributed by atoms with E-state index < -0.39 is 0 Å². The lowest BCUT2D eigenvalue weighted by atomic mass is 9.81. The highest BCUT2D eigenvalue weighted by molar-refractivity contribution is 8.93. The third-order valence-electron chi connectivity index (χ3n) is 4.90. The second-order valence-corrected chi connectivity index (χ2v) is 6.09. The molecule has 0 radical (unpaired) electrons. The fraction of sp³-hybridized carbons (Fsp3) is 0.333. The second kappa shape index (κ2) is 5.94. The van der Waals surface area contributed by atoms with E-state index in [4.69, 9.17) is 0 Å². The SMILES string of the molecule is Br.Oc1cc2c(cc1O)[C@@H]1CCCN1C[C@H]2c1ccccc1. The van der Waals surface area contributed by atoms with E-state index in [0.717, 1.165) is 19.5 Å². The summed E-state index contributed by atoms with van der Waals surface area (Å²) >= 11 is 0. The van der Waals surface area contributed by atoms with Gasteiger partial charge in [0.15, 0.2) is 11.5 Å². The van der Waals surface area contributed by atoms with Crippen LogP contribution < -0.4 is 0 Å². The fourth-order valence-corrected chi connectivity index (χ4v) is 3.90. The van der Waals surface area contributed by atoms with E-state index in [1.54, 1.807) is 12.1 Å². The van der Waals surface area contributed by atoms with Crippen molar-refractivity contribution in [3.63, 3.8) is 0 Å². The summed E-state index contributed by atoms with van der Waals surface area (Å²) in [6, 6.07) is 14.4. The molecule has 0 aliphatic carbocycles.